The van der Waals surface area contributed by atoms with E-state index >= 15 is 0 Å². The van der Waals surface area contributed by atoms with Gasteiger partial charge < -0.3 is 30.0 Å². The molecule has 0 aliphatic rings. The molecule has 0 spiro atoms. The van der Waals surface area contributed by atoms with Gasteiger partial charge in [-0.15, -0.1) is 0 Å². The molecule has 2 rings (SSSR count). The molecule has 2 aromatic rings. The quantitative estimate of drug-likeness (QED) is 0.480. The van der Waals surface area contributed by atoms with E-state index < -0.39 is 30.0 Å². The van der Waals surface area contributed by atoms with Crippen LogP contribution in [0.5, 0.6) is 5.75 Å². The number of rotatable bonds is 10. The average molecular weight is 430 g/mol. The van der Waals surface area contributed by atoms with Crippen LogP contribution in [0.2, 0.25) is 0 Å². The lowest BCUT2D eigenvalue weighted by Crippen LogP contribution is -2.48. The maximum Gasteiger partial charge on any atom is 0.408 e. The Kier molecular flexibility index (Phi) is 8.84. The van der Waals surface area contributed by atoms with Gasteiger partial charge in [0.2, 0.25) is 0 Å². The van der Waals surface area contributed by atoms with E-state index in [-0.39, 0.29) is 25.3 Å². The van der Waals surface area contributed by atoms with Gasteiger partial charge in [-0.05, 0) is 29.8 Å². The van der Waals surface area contributed by atoms with Crippen molar-refractivity contribution in [2.75, 3.05) is 20.3 Å². The van der Waals surface area contributed by atoms with Gasteiger partial charge in [-0.25, -0.2) is 14.4 Å². The highest BCUT2D eigenvalue weighted by atomic mass is 16.6. The van der Waals surface area contributed by atoms with E-state index in [0.717, 1.165) is 5.56 Å². The number of alkyl carbamates (subject to hydrolysis) is 1. The Morgan fingerprint density at radius 2 is 1.68 bits per heavy atom. The summed E-state index contributed by atoms with van der Waals surface area (Å²) in [4.78, 5) is 46.5. The summed E-state index contributed by atoms with van der Waals surface area (Å²) < 4.78 is 14.6. The van der Waals surface area contributed by atoms with Crippen LogP contribution >= 0.6 is 0 Å². The smallest absolute Gasteiger partial charge is 0.408 e. The Morgan fingerprint density at radius 3 is 2.29 bits per heavy atom. The number of carbonyl (C=O) groups excluding carboxylic acids is 3. The van der Waals surface area contributed by atoms with Gasteiger partial charge in [-0.2, -0.15) is 0 Å². The lowest BCUT2D eigenvalue weighted by molar-refractivity contribution is -0.143. The fourth-order valence-corrected chi connectivity index (χ4v) is 2.31. The first-order valence-corrected chi connectivity index (χ1v) is 9.17. The minimum absolute atomic E-state index is 0.0181. The summed E-state index contributed by atoms with van der Waals surface area (Å²) in [6, 6.07) is 13.4. The van der Waals surface area contributed by atoms with Crippen LogP contribution < -0.4 is 15.4 Å². The number of hydrogen-bond acceptors (Lipinski definition) is 7. The van der Waals surface area contributed by atoms with Crippen molar-refractivity contribution in [2.45, 2.75) is 12.6 Å². The predicted octanol–water partition coefficient (Wildman–Crippen LogP) is 1.35. The third-order valence-electron chi connectivity index (χ3n) is 3.97. The van der Waals surface area contributed by atoms with Crippen molar-refractivity contribution in [3.8, 4) is 5.75 Å². The number of hydrogen-bond donors (Lipinski definition) is 3. The lowest BCUT2D eigenvalue weighted by Gasteiger charge is -2.15. The monoisotopic (exact) mass is 430 g/mol. The molecule has 0 aliphatic carbocycles. The molecule has 0 radical (unpaired) electrons. The molecular formula is C21H22N2O8. The van der Waals surface area contributed by atoms with Crippen LogP contribution in [0.1, 0.15) is 15.9 Å². The lowest BCUT2D eigenvalue weighted by atomic mass is 10.2. The Balaban J connectivity index is 1.82. The number of carbonyl (C=O) groups is 4. The van der Waals surface area contributed by atoms with Crippen molar-refractivity contribution < 1.29 is 38.5 Å². The van der Waals surface area contributed by atoms with Gasteiger partial charge in [-0.3, -0.25) is 4.79 Å². The standard InChI is InChI=1S/C21H22N2O8/c1-29-18(24)13-30-16-9-7-15(8-10-16)19(25)22-11-17(20(26)27)23-21(28)31-12-14-5-3-2-4-6-14/h2-10,17H,11-13H2,1H3,(H,22,25)(H,23,28)(H,26,27)/t17-/m0/s1. The van der Waals surface area contributed by atoms with Gasteiger partial charge in [0, 0.05) is 12.1 Å². The zero-order valence-corrected chi connectivity index (χ0v) is 16.7. The number of aliphatic carboxylic acids is 1. The van der Waals surface area contributed by atoms with Crippen molar-refractivity contribution in [1.82, 2.24) is 10.6 Å². The second kappa shape index (κ2) is 11.8. The number of methoxy groups -OCH3 is 1. The highest BCUT2D eigenvalue weighted by molar-refractivity contribution is 5.94. The summed E-state index contributed by atoms with van der Waals surface area (Å²) in [5, 5.41) is 13.9. The maximum atomic E-state index is 12.2. The van der Waals surface area contributed by atoms with Crippen molar-refractivity contribution in [3.05, 3.63) is 65.7 Å². The summed E-state index contributed by atoms with van der Waals surface area (Å²) in [6.45, 7) is -0.640. The number of benzene rings is 2. The van der Waals surface area contributed by atoms with Crippen molar-refractivity contribution in [3.63, 3.8) is 0 Å². The SMILES string of the molecule is COC(=O)COc1ccc(C(=O)NC[C@H](NC(=O)OCc2ccccc2)C(=O)O)cc1. The molecule has 2 amide bonds. The van der Waals surface area contributed by atoms with Crippen LogP contribution in [0.4, 0.5) is 4.79 Å². The van der Waals surface area contributed by atoms with Gasteiger partial charge in [0.1, 0.15) is 18.4 Å². The van der Waals surface area contributed by atoms with Gasteiger partial charge in [0.25, 0.3) is 5.91 Å². The molecule has 0 fully saturated rings. The topological polar surface area (TPSA) is 140 Å². The van der Waals surface area contributed by atoms with E-state index in [0.29, 0.717) is 5.75 Å². The molecule has 0 aliphatic heterocycles. The zero-order valence-electron chi connectivity index (χ0n) is 16.7. The maximum absolute atomic E-state index is 12.2. The predicted molar refractivity (Wildman–Crippen MR) is 107 cm³/mol. The molecule has 2 aromatic carbocycles. The highest BCUT2D eigenvalue weighted by Crippen LogP contribution is 2.12. The molecule has 3 N–H and O–H groups in total. The fraction of sp³-hybridized carbons (Fsp3) is 0.238. The van der Waals surface area contributed by atoms with Crippen LogP contribution in [0.3, 0.4) is 0 Å². The van der Waals surface area contributed by atoms with Crippen LogP contribution in [-0.4, -0.2) is 55.3 Å². The normalized spacial score (nSPS) is 11.0. The van der Waals surface area contributed by atoms with Gasteiger partial charge in [0.05, 0.1) is 7.11 Å². The Hall–Kier alpha value is -4.08. The van der Waals surface area contributed by atoms with E-state index in [1.54, 1.807) is 24.3 Å². The molecule has 31 heavy (non-hydrogen) atoms. The minimum atomic E-state index is -1.38. The number of esters is 1. The number of amides is 2. The second-order valence-electron chi connectivity index (χ2n) is 6.20. The van der Waals surface area contributed by atoms with Gasteiger partial charge in [0.15, 0.2) is 6.61 Å². The molecule has 0 saturated heterocycles. The van der Waals surface area contributed by atoms with Crippen molar-refractivity contribution in [1.29, 1.82) is 0 Å². The third kappa shape index (κ3) is 8.05. The number of carboxylic acid groups (broad SMARTS) is 1. The van der Waals surface area contributed by atoms with E-state index in [9.17, 15) is 24.3 Å². The molecule has 164 valence electrons. The average Bonchev–Trinajstić information content (AvgIpc) is 2.79. The second-order valence-corrected chi connectivity index (χ2v) is 6.20. The third-order valence-corrected chi connectivity index (χ3v) is 3.97. The minimum Gasteiger partial charge on any atom is -0.482 e. The molecule has 10 nitrogen and oxygen atoms in total. The first-order chi connectivity index (χ1) is 14.9. The van der Waals surface area contributed by atoms with E-state index in [1.807, 2.05) is 6.07 Å². The van der Waals surface area contributed by atoms with Crippen LogP contribution in [0.15, 0.2) is 54.6 Å². The van der Waals surface area contributed by atoms with Crippen LogP contribution in [0, 0.1) is 0 Å². The van der Waals surface area contributed by atoms with E-state index in [4.69, 9.17) is 9.47 Å². The molecule has 10 heteroatoms. The highest BCUT2D eigenvalue weighted by Gasteiger charge is 2.22. The molecular weight excluding hydrogens is 408 g/mol. The summed E-state index contributed by atoms with van der Waals surface area (Å²) in [5.41, 5.74) is 0.984. The van der Waals surface area contributed by atoms with Crippen LogP contribution in [0.25, 0.3) is 0 Å². The Labute approximate surface area is 178 Å². The van der Waals surface area contributed by atoms with Crippen molar-refractivity contribution in [2.24, 2.45) is 0 Å². The van der Waals surface area contributed by atoms with E-state index in [2.05, 4.69) is 15.4 Å². The molecule has 0 saturated carbocycles. The molecule has 0 bridgehead atoms. The Bertz CT molecular complexity index is 899. The van der Waals surface area contributed by atoms with Gasteiger partial charge >= 0.3 is 18.0 Å². The Morgan fingerprint density at radius 1 is 1.00 bits per heavy atom. The first-order valence-electron chi connectivity index (χ1n) is 9.17. The summed E-state index contributed by atoms with van der Waals surface area (Å²) in [6.07, 6.45) is -0.919. The fourth-order valence-electron chi connectivity index (χ4n) is 2.31. The molecule has 0 heterocycles. The molecule has 0 aromatic heterocycles. The summed E-state index contributed by atoms with van der Waals surface area (Å²) in [7, 11) is 1.24. The number of ether oxygens (including phenoxy) is 3. The number of carboxylic acids is 1. The zero-order chi connectivity index (χ0) is 22.6. The number of nitrogens with one attached hydrogen (secondary N) is 2. The molecule has 0 unspecified atom stereocenters. The molecule has 1 atom stereocenters. The summed E-state index contributed by atoms with van der Waals surface area (Å²) in [5.74, 6) is -2.07. The first kappa shape index (κ1) is 23.2. The largest absolute Gasteiger partial charge is 0.482 e. The summed E-state index contributed by atoms with van der Waals surface area (Å²) >= 11 is 0. The van der Waals surface area contributed by atoms with Crippen LogP contribution in [-0.2, 0) is 25.7 Å². The van der Waals surface area contributed by atoms with Gasteiger partial charge in [-0.1, -0.05) is 30.3 Å². The van der Waals surface area contributed by atoms with E-state index in [1.165, 1.54) is 31.4 Å². The van der Waals surface area contributed by atoms with Crippen molar-refractivity contribution >= 4 is 23.9 Å².